The highest BCUT2D eigenvalue weighted by atomic mass is 35.5. The molecule has 1 aromatic carbocycles. The van der Waals surface area contributed by atoms with Gasteiger partial charge in [0, 0.05) is 24.8 Å². The Hall–Kier alpha value is -1.27. The predicted octanol–water partition coefficient (Wildman–Crippen LogP) is 3.54. The number of rotatable bonds is 5. The molecule has 0 aliphatic heterocycles. The highest BCUT2D eigenvalue weighted by molar-refractivity contribution is 6.18. The quantitative estimate of drug-likeness (QED) is 0.446. The van der Waals surface area contributed by atoms with E-state index in [-0.39, 0.29) is 6.61 Å². The molecule has 1 aromatic rings. The van der Waals surface area contributed by atoms with E-state index in [1.54, 1.807) is 12.1 Å². The number of hydrogen-bond acceptors (Lipinski definition) is 1. The van der Waals surface area contributed by atoms with Crippen LogP contribution in [0.3, 0.4) is 0 Å². The SMILES string of the molecule is FCCCOc1ccc(C#CCCCl)c(F)c1. The summed E-state index contributed by atoms with van der Waals surface area (Å²) in [6, 6.07) is 4.41. The summed E-state index contributed by atoms with van der Waals surface area (Å²) in [5.41, 5.74) is 0.313. The van der Waals surface area contributed by atoms with Crippen molar-refractivity contribution in [3.63, 3.8) is 0 Å². The molecule has 92 valence electrons. The zero-order valence-corrected chi connectivity index (χ0v) is 10.1. The molecule has 0 unspecified atom stereocenters. The number of hydrogen-bond donors (Lipinski definition) is 0. The van der Waals surface area contributed by atoms with Crippen LogP contribution >= 0.6 is 11.6 Å². The van der Waals surface area contributed by atoms with Gasteiger partial charge in [-0.25, -0.2) is 4.39 Å². The van der Waals surface area contributed by atoms with Gasteiger partial charge in [-0.2, -0.15) is 0 Å². The van der Waals surface area contributed by atoms with E-state index in [9.17, 15) is 8.78 Å². The van der Waals surface area contributed by atoms with Crippen molar-refractivity contribution in [2.45, 2.75) is 12.8 Å². The van der Waals surface area contributed by atoms with Gasteiger partial charge in [0.15, 0.2) is 0 Å². The van der Waals surface area contributed by atoms with Gasteiger partial charge < -0.3 is 4.74 Å². The molecule has 4 heteroatoms. The summed E-state index contributed by atoms with van der Waals surface area (Å²) >= 11 is 5.46. The van der Waals surface area contributed by atoms with Crippen molar-refractivity contribution in [2.75, 3.05) is 19.2 Å². The van der Waals surface area contributed by atoms with Crippen molar-refractivity contribution < 1.29 is 13.5 Å². The molecule has 0 heterocycles. The van der Waals surface area contributed by atoms with E-state index in [0.29, 0.717) is 30.0 Å². The molecule has 0 aromatic heterocycles. The van der Waals surface area contributed by atoms with Crippen LogP contribution in [0.15, 0.2) is 18.2 Å². The number of alkyl halides is 2. The van der Waals surface area contributed by atoms with Crippen LogP contribution in [-0.2, 0) is 0 Å². The second-order valence-corrected chi connectivity index (χ2v) is 3.65. The number of halogens is 3. The average Bonchev–Trinajstić information content (AvgIpc) is 2.32. The third-order valence-electron chi connectivity index (χ3n) is 1.93. The van der Waals surface area contributed by atoms with Crippen LogP contribution in [0.4, 0.5) is 8.78 Å². The Morgan fingerprint density at radius 1 is 1.35 bits per heavy atom. The fraction of sp³-hybridized carbons (Fsp3) is 0.385. The first kappa shape index (κ1) is 13.8. The lowest BCUT2D eigenvalue weighted by Crippen LogP contribution is -1.98. The maximum absolute atomic E-state index is 13.5. The van der Waals surface area contributed by atoms with Crippen LogP contribution in [0.25, 0.3) is 0 Å². The van der Waals surface area contributed by atoms with Crippen molar-refractivity contribution in [1.82, 2.24) is 0 Å². The molecule has 0 saturated carbocycles. The van der Waals surface area contributed by atoms with Gasteiger partial charge in [0.25, 0.3) is 0 Å². The summed E-state index contributed by atoms with van der Waals surface area (Å²) in [7, 11) is 0. The summed E-state index contributed by atoms with van der Waals surface area (Å²) < 4.78 is 30.5. The Kier molecular flexibility index (Phi) is 6.42. The lowest BCUT2D eigenvalue weighted by Gasteiger charge is -2.05. The van der Waals surface area contributed by atoms with Crippen LogP contribution in [0, 0.1) is 17.7 Å². The van der Waals surface area contributed by atoms with Gasteiger partial charge in [-0.15, -0.1) is 11.6 Å². The standard InChI is InChI=1S/C13H13ClF2O/c14-7-2-1-4-11-5-6-12(10-13(11)16)17-9-3-8-15/h5-6,10H,2-3,7-9H2. The van der Waals surface area contributed by atoms with Crippen molar-refractivity contribution in [2.24, 2.45) is 0 Å². The van der Waals surface area contributed by atoms with Crippen LogP contribution in [0.2, 0.25) is 0 Å². The molecule has 0 N–H and O–H groups in total. The van der Waals surface area contributed by atoms with E-state index in [4.69, 9.17) is 16.3 Å². The summed E-state index contributed by atoms with van der Waals surface area (Å²) in [5.74, 6) is 5.81. The second kappa shape index (κ2) is 7.92. The van der Waals surface area contributed by atoms with Crippen molar-refractivity contribution in [3.05, 3.63) is 29.6 Å². The third kappa shape index (κ3) is 5.06. The average molecular weight is 259 g/mol. The van der Waals surface area contributed by atoms with E-state index in [0.717, 1.165) is 0 Å². The van der Waals surface area contributed by atoms with Gasteiger partial charge in [-0.3, -0.25) is 4.39 Å². The Morgan fingerprint density at radius 3 is 2.82 bits per heavy atom. The molecule has 0 aliphatic carbocycles. The number of benzene rings is 1. The van der Waals surface area contributed by atoms with Gasteiger partial charge >= 0.3 is 0 Å². The van der Waals surface area contributed by atoms with E-state index >= 15 is 0 Å². The Morgan fingerprint density at radius 2 is 2.18 bits per heavy atom. The molecule has 17 heavy (non-hydrogen) atoms. The summed E-state index contributed by atoms with van der Waals surface area (Å²) in [6.07, 6.45) is 0.828. The molecule has 0 amide bonds. The van der Waals surface area contributed by atoms with Gasteiger partial charge in [0.1, 0.15) is 11.6 Å². The van der Waals surface area contributed by atoms with E-state index in [1.165, 1.54) is 6.07 Å². The molecule has 0 saturated heterocycles. The van der Waals surface area contributed by atoms with E-state index < -0.39 is 12.5 Å². The fourth-order valence-electron chi connectivity index (χ4n) is 1.14. The lowest BCUT2D eigenvalue weighted by molar-refractivity contribution is 0.288. The maximum atomic E-state index is 13.5. The maximum Gasteiger partial charge on any atom is 0.142 e. The molecule has 0 fully saturated rings. The summed E-state index contributed by atoms with van der Waals surface area (Å²) in [5, 5.41) is 0. The Balaban J connectivity index is 2.63. The Bertz CT molecular complexity index is 410. The zero-order valence-electron chi connectivity index (χ0n) is 9.31. The lowest BCUT2D eigenvalue weighted by atomic mass is 10.2. The van der Waals surface area contributed by atoms with E-state index in [1.807, 2.05) is 0 Å². The molecule has 0 bridgehead atoms. The molecule has 0 spiro atoms. The number of ether oxygens (including phenoxy) is 1. The highest BCUT2D eigenvalue weighted by Crippen LogP contribution is 2.16. The molecule has 0 atom stereocenters. The van der Waals surface area contributed by atoms with Gasteiger partial charge in [-0.1, -0.05) is 11.8 Å². The first-order valence-electron chi connectivity index (χ1n) is 5.31. The first-order chi connectivity index (χ1) is 8.27. The third-order valence-corrected chi connectivity index (χ3v) is 2.12. The monoisotopic (exact) mass is 258 g/mol. The Labute approximate surface area is 105 Å². The van der Waals surface area contributed by atoms with Crippen LogP contribution < -0.4 is 4.74 Å². The van der Waals surface area contributed by atoms with E-state index in [2.05, 4.69) is 11.8 Å². The minimum Gasteiger partial charge on any atom is -0.493 e. The molecular weight excluding hydrogens is 246 g/mol. The normalized spacial score (nSPS) is 9.59. The molecule has 1 rings (SSSR count). The topological polar surface area (TPSA) is 9.23 Å². The minimum absolute atomic E-state index is 0.243. The largest absolute Gasteiger partial charge is 0.493 e. The predicted molar refractivity (Wildman–Crippen MR) is 64.7 cm³/mol. The van der Waals surface area contributed by atoms with Crippen LogP contribution in [0.1, 0.15) is 18.4 Å². The molecule has 0 radical (unpaired) electrons. The first-order valence-corrected chi connectivity index (χ1v) is 5.84. The zero-order chi connectivity index (χ0) is 12.5. The smallest absolute Gasteiger partial charge is 0.142 e. The molecular formula is C13H13ClF2O. The van der Waals surface area contributed by atoms with Crippen LogP contribution in [-0.4, -0.2) is 19.2 Å². The molecule has 0 aliphatic rings. The summed E-state index contributed by atoms with van der Waals surface area (Å²) in [4.78, 5) is 0. The minimum atomic E-state index is -0.440. The van der Waals surface area contributed by atoms with Gasteiger partial charge in [0.05, 0.1) is 18.8 Å². The second-order valence-electron chi connectivity index (χ2n) is 3.27. The fourth-order valence-corrected chi connectivity index (χ4v) is 1.23. The van der Waals surface area contributed by atoms with Crippen molar-refractivity contribution in [3.8, 4) is 17.6 Å². The van der Waals surface area contributed by atoms with Crippen molar-refractivity contribution >= 4 is 11.6 Å². The van der Waals surface area contributed by atoms with Gasteiger partial charge in [-0.05, 0) is 12.1 Å². The summed E-state index contributed by atoms with van der Waals surface area (Å²) in [6.45, 7) is -0.197. The highest BCUT2D eigenvalue weighted by Gasteiger charge is 2.01. The van der Waals surface area contributed by atoms with Gasteiger partial charge in [0.2, 0.25) is 0 Å². The van der Waals surface area contributed by atoms with Crippen molar-refractivity contribution in [1.29, 1.82) is 0 Å². The van der Waals surface area contributed by atoms with Crippen LogP contribution in [0.5, 0.6) is 5.75 Å². The molecule has 1 nitrogen and oxygen atoms in total.